The van der Waals surface area contributed by atoms with Crippen LogP contribution in [0, 0.1) is 11.8 Å². The second-order valence-electron chi connectivity index (χ2n) is 8.53. The summed E-state index contributed by atoms with van der Waals surface area (Å²) in [6, 6.07) is 10.9. The molecule has 8 nitrogen and oxygen atoms in total. The Hall–Kier alpha value is -2.29. The molecule has 3 aliphatic rings. The van der Waals surface area contributed by atoms with Gasteiger partial charge in [0.1, 0.15) is 12.7 Å². The highest BCUT2D eigenvalue weighted by atomic mass is 16.5. The molecule has 5 rings (SSSR count). The van der Waals surface area contributed by atoms with E-state index in [-0.39, 0.29) is 11.9 Å². The number of ether oxygens (including phenoxy) is 2. The lowest BCUT2D eigenvalue weighted by molar-refractivity contribution is -0.133. The number of hydrogen-bond acceptors (Lipinski definition) is 6. The average Bonchev–Trinajstić information content (AvgIpc) is 3.45. The molecule has 1 amide bonds. The SMILES string of the molecule is O=C(CCn1cnnc1)N1C[C@@H]2CN(C3COCCOC3)C[C@@H]2[C@H]1c1ccccc1. The zero-order valence-electron chi connectivity index (χ0n) is 17.2. The first-order valence-corrected chi connectivity index (χ1v) is 10.9. The predicted molar refractivity (Wildman–Crippen MR) is 110 cm³/mol. The lowest BCUT2D eigenvalue weighted by Gasteiger charge is -2.32. The van der Waals surface area contributed by atoms with E-state index in [0.29, 0.717) is 44.1 Å². The van der Waals surface area contributed by atoms with E-state index in [4.69, 9.17) is 9.47 Å². The van der Waals surface area contributed by atoms with Crippen LogP contribution in [0.5, 0.6) is 0 Å². The van der Waals surface area contributed by atoms with Gasteiger partial charge in [-0.1, -0.05) is 30.3 Å². The van der Waals surface area contributed by atoms with Gasteiger partial charge in [-0.3, -0.25) is 9.69 Å². The molecule has 3 aliphatic heterocycles. The van der Waals surface area contributed by atoms with E-state index in [0.717, 1.165) is 32.8 Å². The number of hydrogen-bond donors (Lipinski definition) is 0. The number of likely N-dealkylation sites (tertiary alicyclic amines) is 2. The van der Waals surface area contributed by atoms with Crippen molar-refractivity contribution in [2.75, 3.05) is 46.1 Å². The van der Waals surface area contributed by atoms with Crippen LogP contribution in [0.3, 0.4) is 0 Å². The highest BCUT2D eigenvalue weighted by Gasteiger charge is 2.50. The largest absolute Gasteiger partial charge is 0.377 e. The topological polar surface area (TPSA) is 72.7 Å². The van der Waals surface area contributed by atoms with E-state index in [2.05, 4.69) is 44.3 Å². The van der Waals surface area contributed by atoms with Crippen molar-refractivity contribution in [2.24, 2.45) is 11.8 Å². The monoisotopic (exact) mass is 411 g/mol. The summed E-state index contributed by atoms with van der Waals surface area (Å²) in [7, 11) is 0. The second-order valence-corrected chi connectivity index (χ2v) is 8.53. The van der Waals surface area contributed by atoms with Crippen molar-refractivity contribution < 1.29 is 14.3 Å². The van der Waals surface area contributed by atoms with Crippen LogP contribution in [0.25, 0.3) is 0 Å². The molecule has 8 heteroatoms. The fraction of sp³-hybridized carbons (Fsp3) is 0.591. The van der Waals surface area contributed by atoms with Crippen LogP contribution in [0.4, 0.5) is 0 Å². The van der Waals surface area contributed by atoms with Gasteiger partial charge in [-0.05, 0) is 11.5 Å². The quantitative estimate of drug-likeness (QED) is 0.737. The fourth-order valence-corrected chi connectivity index (χ4v) is 5.23. The number of carbonyl (C=O) groups is 1. The van der Waals surface area contributed by atoms with Crippen molar-refractivity contribution in [3.8, 4) is 0 Å². The minimum Gasteiger partial charge on any atom is -0.377 e. The normalized spacial score (nSPS) is 27.9. The maximum absolute atomic E-state index is 13.2. The first-order chi connectivity index (χ1) is 14.8. The maximum Gasteiger partial charge on any atom is 0.224 e. The summed E-state index contributed by atoms with van der Waals surface area (Å²) < 4.78 is 13.3. The van der Waals surface area contributed by atoms with Crippen LogP contribution in [0.15, 0.2) is 43.0 Å². The van der Waals surface area contributed by atoms with Crippen LogP contribution in [-0.4, -0.2) is 82.6 Å². The number of fused-ring (bicyclic) bond motifs is 1. The maximum atomic E-state index is 13.2. The highest BCUT2D eigenvalue weighted by Crippen LogP contribution is 2.45. The third-order valence-corrected chi connectivity index (χ3v) is 6.71. The summed E-state index contributed by atoms with van der Waals surface area (Å²) in [4.78, 5) is 17.8. The summed E-state index contributed by atoms with van der Waals surface area (Å²) in [5.74, 6) is 1.13. The number of aryl methyl sites for hydroxylation is 1. The minimum absolute atomic E-state index is 0.127. The van der Waals surface area contributed by atoms with Crippen LogP contribution >= 0.6 is 0 Å². The number of amides is 1. The standard InChI is InChI=1S/C22H29N5O3/c28-21(6-7-25-15-23-24-16-25)27-11-18-10-26(19-13-29-8-9-30-14-19)12-20(18)22(27)17-4-2-1-3-5-17/h1-5,15-16,18-20,22H,6-14H2/t18-,20-,22+/m0/s1. The summed E-state index contributed by atoms with van der Waals surface area (Å²) >= 11 is 0. The lowest BCUT2D eigenvalue weighted by atomic mass is 9.89. The number of carbonyl (C=O) groups excluding carboxylic acids is 1. The molecule has 30 heavy (non-hydrogen) atoms. The molecule has 1 aromatic carbocycles. The Balaban J connectivity index is 1.32. The summed E-state index contributed by atoms with van der Waals surface area (Å²) in [5, 5.41) is 7.66. The van der Waals surface area contributed by atoms with Crippen molar-refractivity contribution in [1.82, 2.24) is 24.6 Å². The van der Waals surface area contributed by atoms with E-state index >= 15 is 0 Å². The van der Waals surface area contributed by atoms with Gasteiger partial charge in [0.05, 0.1) is 38.5 Å². The molecule has 0 aliphatic carbocycles. The molecule has 3 fully saturated rings. The molecular formula is C22H29N5O3. The summed E-state index contributed by atoms with van der Waals surface area (Å²) in [6.45, 7) is 6.24. The molecule has 0 radical (unpaired) electrons. The number of nitrogens with zero attached hydrogens (tertiary/aromatic N) is 5. The molecule has 160 valence electrons. The Bertz CT molecular complexity index is 823. The third kappa shape index (κ3) is 3.99. The molecule has 0 spiro atoms. The minimum atomic E-state index is 0.127. The van der Waals surface area contributed by atoms with E-state index in [1.54, 1.807) is 12.7 Å². The van der Waals surface area contributed by atoms with Crippen molar-refractivity contribution in [3.63, 3.8) is 0 Å². The Morgan fingerprint density at radius 2 is 1.73 bits per heavy atom. The Kier molecular flexibility index (Phi) is 5.79. The number of benzene rings is 1. The first-order valence-electron chi connectivity index (χ1n) is 10.9. The van der Waals surface area contributed by atoms with Crippen LogP contribution < -0.4 is 0 Å². The molecule has 0 bridgehead atoms. The van der Waals surface area contributed by atoms with Gasteiger partial charge in [-0.15, -0.1) is 10.2 Å². The smallest absolute Gasteiger partial charge is 0.224 e. The van der Waals surface area contributed by atoms with Crippen molar-refractivity contribution >= 4 is 5.91 Å². The highest BCUT2D eigenvalue weighted by molar-refractivity contribution is 5.77. The molecule has 0 N–H and O–H groups in total. The van der Waals surface area contributed by atoms with Gasteiger partial charge in [0, 0.05) is 38.5 Å². The number of aromatic nitrogens is 3. The zero-order valence-corrected chi connectivity index (χ0v) is 17.2. The molecular weight excluding hydrogens is 382 g/mol. The lowest BCUT2D eigenvalue weighted by Crippen LogP contribution is -2.42. The van der Waals surface area contributed by atoms with Gasteiger partial charge in [0.15, 0.2) is 0 Å². The average molecular weight is 412 g/mol. The van der Waals surface area contributed by atoms with Gasteiger partial charge >= 0.3 is 0 Å². The van der Waals surface area contributed by atoms with E-state index in [9.17, 15) is 4.79 Å². The van der Waals surface area contributed by atoms with E-state index < -0.39 is 0 Å². The van der Waals surface area contributed by atoms with Gasteiger partial charge in [-0.25, -0.2) is 0 Å². The molecule has 0 unspecified atom stereocenters. The van der Waals surface area contributed by atoms with Crippen molar-refractivity contribution in [1.29, 1.82) is 0 Å². The zero-order chi connectivity index (χ0) is 20.3. The molecule has 3 atom stereocenters. The Labute approximate surface area is 176 Å². The van der Waals surface area contributed by atoms with Crippen LogP contribution in [0.1, 0.15) is 18.0 Å². The Morgan fingerprint density at radius 3 is 2.47 bits per heavy atom. The fourth-order valence-electron chi connectivity index (χ4n) is 5.23. The molecule has 0 saturated carbocycles. The second kappa shape index (κ2) is 8.83. The third-order valence-electron chi connectivity index (χ3n) is 6.71. The summed E-state index contributed by atoms with van der Waals surface area (Å²) in [5.41, 5.74) is 1.23. The van der Waals surface area contributed by atoms with E-state index in [1.165, 1.54) is 5.56 Å². The van der Waals surface area contributed by atoms with Crippen molar-refractivity contribution in [2.45, 2.75) is 25.0 Å². The number of rotatable bonds is 5. The molecule has 1 aromatic heterocycles. The summed E-state index contributed by atoms with van der Waals surface area (Å²) in [6.07, 6.45) is 3.79. The van der Waals surface area contributed by atoms with Crippen LogP contribution in [-0.2, 0) is 20.8 Å². The van der Waals surface area contributed by atoms with Gasteiger partial charge in [-0.2, -0.15) is 0 Å². The van der Waals surface area contributed by atoms with E-state index in [1.807, 2.05) is 10.6 Å². The van der Waals surface area contributed by atoms with Gasteiger partial charge in [0.2, 0.25) is 5.91 Å². The molecule has 2 aromatic rings. The first kappa shape index (κ1) is 19.7. The predicted octanol–water partition coefficient (Wildman–Crippen LogP) is 1.22. The van der Waals surface area contributed by atoms with Gasteiger partial charge < -0.3 is 18.9 Å². The molecule has 4 heterocycles. The Morgan fingerprint density at radius 1 is 1.00 bits per heavy atom. The van der Waals surface area contributed by atoms with Gasteiger partial charge in [0.25, 0.3) is 0 Å². The molecule has 3 saturated heterocycles. The van der Waals surface area contributed by atoms with Crippen molar-refractivity contribution in [3.05, 3.63) is 48.5 Å². The van der Waals surface area contributed by atoms with Crippen LogP contribution in [0.2, 0.25) is 0 Å².